The number of hydrogen-bond acceptors (Lipinski definition) is 5. The quantitative estimate of drug-likeness (QED) is 0.615. The summed E-state index contributed by atoms with van der Waals surface area (Å²) in [5.41, 5.74) is 4.25. The third kappa shape index (κ3) is 5.50. The van der Waals surface area contributed by atoms with Crippen LogP contribution >= 0.6 is 11.3 Å². The predicted octanol–water partition coefficient (Wildman–Crippen LogP) is 4.56. The Balaban J connectivity index is 1.66. The second-order valence-corrected chi connectivity index (χ2v) is 9.70. The van der Waals surface area contributed by atoms with Gasteiger partial charge in [-0.3, -0.25) is 10.1 Å². The Morgan fingerprint density at radius 1 is 1.04 bits per heavy atom. The number of amides is 1. The molecule has 2 aromatic carbocycles. The number of rotatable bonds is 7. The molecule has 0 unspecified atom stereocenters. The van der Waals surface area contributed by atoms with Crippen LogP contribution in [0.3, 0.4) is 0 Å². The molecule has 0 spiro atoms. The number of aromatic nitrogens is 1. The van der Waals surface area contributed by atoms with Gasteiger partial charge in [0.2, 0.25) is 0 Å². The zero-order valence-electron chi connectivity index (χ0n) is 15.8. The summed E-state index contributed by atoms with van der Waals surface area (Å²) in [5.74, 6) is -0.313. The molecule has 28 heavy (non-hydrogen) atoms. The fourth-order valence-electron chi connectivity index (χ4n) is 2.82. The van der Waals surface area contributed by atoms with Gasteiger partial charge in [-0.2, -0.15) is 0 Å². The average Bonchev–Trinajstić information content (AvgIpc) is 3.10. The van der Waals surface area contributed by atoms with E-state index in [-0.39, 0.29) is 11.7 Å². The van der Waals surface area contributed by atoms with Crippen molar-refractivity contribution in [3.05, 3.63) is 70.6 Å². The zero-order valence-corrected chi connectivity index (χ0v) is 17.4. The molecule has 0 bridgehead atoms. The van der Waals surface area contributed by atoms with E-state index in [9.17, 15) is 13.2 Å². The summed E-state index contributed by atoms with van der Waals surface area (Å²) in [5, 5.41) is 5.24. The summed E-state index contributed by atoms with van der Waals surface area (Å²) >= 11 is 1.37. The molecule has 1 heterocycles. The van der Waals surface area contributed by atoms with Crippen molar-refractivity contribution in [2.24, 2.45) is 0 Å². The number of anilines is 1. The van der Waals surface area contributed by atoms with E-state index in [1.807, 2.05) is 17.5 Å². The zero-order chi connectivity index (χ0) is 20.1. The number of sulfone groups is 1. The molecule has 0 fully saturated rings. The van der Waals surface area contributed by atoms with Crippen LogP contribution in [0.1, 0.15) is 34.8 Å². The van der Waals surface area contributed by atoms with E-state index in [4.69, 9.17) is 0 Å². The molecule has 3 aromatic rings. The molecular weight excluding hydrogens is 392 g/mol. The Hall–Kier alpha value is -2.51. The van der Waals surface area contributed by atoms with E-state index < -0.39 is 9.84 Å². The SMILES string of the molecule is CCCc1ccc(-c2csc(NC(=O)c3ccc(CS(C)(=O)=O)cc3)n2)cc1. The van der Waals surface area contributed by atoms with Gasteiger partial charge in [0.25, 0.3) is 5.91 Å². The van der Waals surface area contributed by atoms with Crippen molar-refractivity contribution in [3.8, 4) is 11.3 Å². The number of hydrogen-bond donors (Lipinski definition) is 1. The van der Waals surface area contributed by atoms with Gasteiger partial charge in [-0.15, -0.1) is 11.3 Å². The minimum absolute atomic E-state index is 0.0399. The van der Waals surface area contributed by atoms with Gasteiger partial charge in [0.05, 0.1) is 11.4 Å². The van der Waals surface area contributed by atoms with Gasteiger partial charge in [0.1, 0.15) is 0 Å². The third-order valence-corrected chi connectivity index (χ3v) is 5.77. The van der Waals surface area contributed by atoms with E-state index in [1.54, 1.807) is 24.3 Å². The Bertz CT molecular complexity index is 1050. The fraction of sp³-hybridized carbons (Fsp3) is 0.238. The van der Waals surface area contributed by atoms with Gasteiger partial charge in [-0.25, -0.2) is 13.4 Å². The number of carbonyl (C=O) groups excluding carboxylic acids is 1. The number of carbonyl (C=O) groups is 1. The normalized spacial score (nSPS) is 11.4. The van der Waals surface area contributed by atoms with Crippen LogP contribution in [-0.2, 0) is 22.0 Å². The molecule has 0 saturated heterocycles. The molecule has 0 saturated carbocycles. The van der Waals surface area contributed by atoms with Crippen LogP contribution in [0.4, 0.5) is 5.13 Å². The van der Waals surface area contributed by atoms with Crippen LogP contribution in [0.15, 0.2) is 53.9 Å². The fourth-order valence-corrected chi connectivity index (χ4v) is 4.33. The summed E-state index contributed by atoms with van der Waals surface area (Å²) < 4.78 is 22.7. The van der Waals surface area contributed by atoms with E-state index in [2.05, 4.69) is 29.4 Å². The van der Waals surface area contributed by atoms with E-state index in [0.717, 1.165) is 24.1 Å². The lowest BCUT2D eigenvalue weighted by molar-refractivity contribution is 0.102. The molecule has 1 N–H and O–H groups in total. The molecule has 3 rings (SSSR count). The van der Waals surface area contributed by atoms with Gasteiger partial charge in [0, 0.05) is 22.8 Å². The number of benzene rings is 2. The van der Waals surface area contributed by atoms with Crippen molar-refractivity contribution in [1.29, 1.82) is 0 Å². The highest BCUT2D eigenvalue weighted by atomic mass is 32.2. The maximum absolute atomic E-state index is 12.4. The molecular formula is C21H22N2O3S2. The smallest absolute Gasteiger partial charge is 0.257 e. The maximum atomic E-state index is 12.4. The van der Waals surface area contributed by atoms with Gasteiger partial charge in [-0.05, 0) is 29.7 Å². The second kappa shape index (κ2) is 8.67. The molecule has 7 heteroatoms. The van der Waals surface area contributed by atoms with E-state index >= 15 is 0 Å². The van der Waals surface area contributed by atoms with Crippen molar-refractivity contribution in [1.82, 2.24) is 4.98 Å². The summed E-state index contributed by atoms with van der Waals surface area (Å²) in [6, 6.07) is 14.9. The van der Waals surface area contributed by atoms with Gasteiger partial charge >= 0.3 is 0 Å². The number of aryl methyl sites for hydroxylation is 1. The molecule has 1 amide bonds. The predicted molar refractivity (Wildman–Crippen MR) is 114 cm³/mol. The molecule has 0 atom stereocenters. The lowest BCUT2D eigenvalue weighted by Gasteiger charge is -2.04. The minimum Gasteiger partial charge on any atom is -0.298 e. The van der Waals surface area contributed by atoms with Crippen LogP contribution in [-0.4, -0.2) is 25.6 Å². The maximum Gasteiger partial charge on any atom is 0.257 e. The minimum atomic E-state index is -3.10. The first-order valence-corrected chi connectivity index (χ1v) is 11.9. The summed E-state index contributed by atoms with van der Waals surface area (Å²) in [6.45, 7) is 2.16. The summed E-state index contributed by atoms with van der Waals surface area (Å²) in [6.07, 6.45) is 3.36. The Morgan fingerprint density at radius 2 is 1.68 bits per heavy atom. The largest absolute Gasteiger partial charge is 0.298 e. The molecule has 0 radical (unpaired) electrons. The van der Waals surface area contributed by atoms with E-state index in [1.165, 1.54) is 23.2 Å². The van der Waals surface area contributed by atoms with Crippen molar-refractivity contribution < 1.29 is 13.2 Å². The van der Waals surface area contributed by atoms with Crippen molar-refractivity contribution in [3.63, 3.8) is 0 Å². The molecule has 1 aromatic heterocycles. The van der Waals surface area contributed by atoms with Crippen LogP contribution in [0, 0.1) is 0 Å². The first-order chi connectivity index (χ1) is 13.3. The molecule has 0 aliphatic carbocycles. The lowest BCUT2D eigenvalue weighted by Crippen LogP contribution is -2.11. The third-order valence-electron chi connectivity index (χ3n) is 4.16. The molecule has 0 aliphatic rings. The topological polar surface area (TPSA) is 76.1 Å². The number of nitrogens with zero attached hydrogens (tertiary/aromatic N) is 1. The monoisotopic (exact) mass is 414 g/mol. The van der Waals surface area contributed by atoms with Crippen molar-refractivity contribution in [2.45, 2.75) is 25.5 Å². The summed E-state index contributed by atoms with van der Waals surface area (Å²) in [4.78, 5) is 16.9. The Labute approximate surface area is 169 Å². The second-order valence-electron chi connectivity index (χ2n) is 6.71. The highest BCUT2D eigenvalue weighted by molar-refractivity contribution is 7.89. The first-order valence-electron chi connectivity index (χ1n) is 8.97. The van der Waals surface area contributed by atoms with E-state index in [0.29, 0.717) is 16.3 Å². The average molecular weight is 415 g/mol. The van der Waals surface area contributed by atoms with Gasteiger partial charge in [-0.1, -0.05) is 49.7 Å². The standard InChI is InChI=1S/C21H22N2O3S2/c1-3-4-15-5-9-17(10-6-15)19-13-27-21(22-19)23-20(24)18-11-7-16(8-12-18)14-28(2,25)26/h5-13H,3-4,14H2,1-2H3,(H,22,23,24). The van der Waals surface area contributed by atoms with Crippen LogP contribution in [0.5, 0.6) is 0 Å². The van der Waals surface area contributed by atoms with Gasteiger partial charge < -0.3 is 0 Å². The Kier molecular flexibility index (Phi) is 6.26. The van der Waals surface area contributed by atoms with Crippen LogP contribution in [0.2, 0.25) is 0 Å². The van der Waals surface area contributed by atoms with Crippen LogP contribution < -0.4 is 5.32 Å². The number of thiazole rings is 1. The summed E-state index contributed by atoms with van der Waals surface area (Å²) in [7, 11) is -3.10. The van der Waals surface area contributed by atoms with Gasteiger partial charge in [0.15, 0.2) is 15.0 Å². The first kappa shape index (κ1) is 20.2. The lowest BCUT2D eigenvalue weighted by atomic mass is 10.1. The highest BCUT2D eigenvalue weighted by Gasteiger charge is 2.11. The number of nitrogens with one attached hydrogen (secondary N) is 1. The van der Waals surface area contributed by atoms with Crippen molar-refractivity contribution >= 4 is 32.2 Å². The molecule has 5 nitrogen and oxygen atoms in total. The molecule has 0 aliphatic heterocycles. The Morgan fingerprint density at radius 3 is 2.29 bits per heavy atom. The van der Waals surface area contributed by atoms with Crippen molar-refractivity contribution in [2.75, 3.05) is 11.6 Å². The molecule has 146 valence electrons. The van der Waals surface area contributed by atoms with Crippen LogP contribution in [0.25, 0.3) is 11.3 Å². The highest BCUT2D eigenvalue weighted by Crippen LogP contribution is 2.25.